The number of rotatable bonds is 6. The fourth-order valence-corrected chi connectivity index (χ4v) is 4.45. The molecule has 5 rings (SSSR count). The summed E-state index contributed by atoms with van der Waals surface area (Å²) in [5.41, 5.74) is 2.29. The van der Waals surface area contributed by atoms with E-state index in [9.17, 15) is 13.2 Å². The van der Waals surface area contributed by atoms with E-state index in [0.29, 0.717) is 5.69 Å². The first kappa shape index (κ1) is 26.8. The highest BCUT2D eigenvalue weighted by Gasteiger charge is 2.31. The Morgan fingerprint density at radius 3 is 2.26 bits per heavy atom. The van der Waals surface area contributed by atoms with Crippen LogP contribution in [-0.4, -0.2) is 57.0 Å². The minimum atomic E-state index is -4.31. The zero-order valence-electron chi connectivity index (χ0n) is 18.9. The third-order valence-corrected chi connectivity index (χ3v) is 6.26. The fraction of sp³-hybridized carbons (Fsp3) is 0.333. The lowest BCUT2D eigenvalue weighted by Crippen LogP contribution is -2.46. The van der Waals surface area contributed by atoms with E-state index >= 15 is 0 Å². The van der Waals surface area contributed by atoms with Crippen molar-refractivity contribution in [2.75, 3.05) is 37.6 Å². The van der Waals surface area contributed by atoms with Crippen LogP contribution in [0.15, 0.2) is 67.4 Å². The Hall–Kier alpha value is -2.75. The number of aryl methyl sites for hydroxylation is 1. The molecular formula is C24H27Cl2F3N6. The predicted molar refractivity (Wildman–Crippen MR) is 136 cm³/mol. The van der Waals surface area contributed by atoms with Crippen molar-refractivity contribution in [3.8, 4) is 5.69 Å². The van der Waals surface area contributed by atoms with Crippen molar-refractivity contribution in [2.24, 2.45) is 0 Å². The molecule has 0 aliphatic carbocycles. The average molecular weight is 527 g/mol. The van der Waals surface area contributed by atoms with Crippen LogP contribution in [0.3, 0.4) is 0 Å². The molecule has 35 heavy (non-hydrogen) atoms. The summed E-state index contributed by atoms with van der Waals surface area (Å²) >= 11 is 0. The number of anilines is 1. The smallest absolute Gasteiger partial charge is 0.369 e. The summed E-state index contributed by atoms with van der Waals surface area (Å²) in [6, 6.07) is 14.1. The summed E-state index contributed by atoms with van der Waals surface area (Å²) < 4.78 is 43.2. The van der Waals surface area contributed by atoms with E-state index in [1.807, 2.05) is 9.47 Å². The molecule has 0 spiro atoms. The molecule has 0 amide bonds. The highest BCUT2D eigenvalue weighted by atomic mass is 35.5. The van der Waals surface area contributed by atoms with Gasteiger partial charge in [-0.2, -0.15) is 13.2 Å². The number of hydrogen-bond acceptors (Lipinski definition) is 4. The first-order valence-electron chi connectivity index (χ1n) is 11.1. The Kier molecular flexibility index (Phi) is 8.69. The lowest BCUT2D eigenvalue weighted by Gasteiger charge is -2.36. The second kappa shape index (κ2) is 11.3. The SMILES string of the molecule is Cl.Cl.FC(F)(F)c1cccc(N2CCN(CCCn3ccc4cc(-n5cnnc5)ccc43)CC2)c1. The van der Waals surface area contributed by atoms with Gasteiger partial charge in [0.05, 0.1) is 5.56 Å². The van der Waals surface area contributed by atoms with Crippen LogP contribution >= 0.6 is 24.8 Å². The van der Waals surface area contributed by atoms with Gasteiger partial charge in [-0.05, 0) is 55.4 Å². The molecule has 1 aliphatic heterocycles. The van der Waals surface area contributed by atoms with Gasteiger partial charge in [0.2, 0.25) is 0 Å². The molecule has 0 unspecified atom stereocenters. The minimum absolute atomic E-state index is 0. The Bertz CT molecular complexity index is 1220. The Balaban J connectivity index is 0.00000171. The molecule has 6 nitrogen and oxygen atoms in total. The van der Waals surface area contributed by atoms with Gasteiger partial charge in [-0.3, -0.25) is 9.47 Å². The first-order valence-corrected chi connectivity index (χ1v) is 11.1. The normalized spacial score (nSPS) is 14.5. The molecule has 11 heteroatoms. The zero-order valence-corrected chi connectivity index (χ0v) is 20.6. The van der Waals surface area contributed by atoms with Gasteiger partial charge < -0.3 is 9.47 Å². The van der Waals surface area contributed by atoms with Gasteiger partial charge in [0.15, 0.2) is 0 Å². The van der Waals surface area contributed by atoms with E-state index < -0.39 is 11.7 Å². The molecule has 2 aromatic heterocycles. The molecule has 1 fully saturated rings. The number of hydrogen-bond donors (Lipinski definition) is 0. The minimum Gasteiger partial charge on any atom is -0.369 e. The van der Waals surface area contributed by atoms with Crippen molar-refractivity contribution in [3.63, 3.8) is 0 Å². The van der Waals surface area contributed by atoms with Gasteiger partial charge in [0.1, 0.15) is 12.7 Å². The van der Waals surface area contributed by atoms with Gasteiger partial charge in [0, 0.05) is 61.2 Å². The molecule has 0 N–H and O–H groups in total. The molecule has 2 aromatic carbocycles. The Labute approximate surface area is 214 Å². The maximum absolute atomic E-state index is 13.0. The summed E-state index contributed by atoms with van der Waals surface area (Å²) in [6.45, 7) is 5.06. The largest absolute Gasteiger partial charge is 0.416 e. The van der Waals surface area contributed by atoms with Gasteiger partial charge in [-0.25, -0.2) is 0 Å². The molecule has 0 saturated carbocycles. The van der Waals surface area contributed by atoms with E-state index in [1.54, 1.807) is 18.7 Å². The highest BCUT2D eigenvalue weighted by molar-refractivity contribution is 5.85. The quantitative estimate of drug-likeness (QED) is 0.342. The molecule has 1 aliphatic rings. The second-order valence-corrected chi connectivity index (χ2v) is 8.35. The van der Waals surface area contributed by atoms with Crippen LogP contribution in [0.1, 0.15) is 12.0 Å². The molecule has 188 valence electrons. The van der Waals surface area contributed by atoms with Crippen LogP contribution in [0.4, 0.5) is 18.9 Å². The maximum atomic E-state index is 13.0. The van der Waals surface area contributed by atoms with E-state index in [2.05, 4.69) is 50.1 Å². The van der Waals surface area contributed by atoms with Gasteiger partial charge >= 0.3 is 6.18 Å². The highest BCUT2D eigenvalue weighted by Crippen LogP contribution is 2.32. The summed E-state index contributed by atoms with van der Waals surface area (Å²) in [5, 5.41) is 8.89. The number of piperazine rings is 1. The number of benzene rings is 2. The van der Waals surface area contributed by atoms with Gasteiger partial charge in [0.25, 0.3) is 0 Å². The van der Waals surface area contributed by atoms with Crippen molar-refractivity contribution >= 4 is 41.4 Å². The van der Waals surface area contributed by atoms with E-state index in [-0.39, 0.29) is 24.8 Å². The molecular weight excluding hydrogens is 500 g/mol. The number of aromatic nitrogens is 4. The lowest BCUT2D eigenvalue weighted by atomic mass is 10.1. The van der Waals surface area contributed by atoms with E-state index in [0.717, 1.165) is 57.4 Å². The second-order valence-electron chi connectivity index (χ2n) is 8.35. The van der Waals surface area contributed by atoms with Crippen molar-refractivity contribution in [2.45, 2.75) is 19.1 Å². The van der Waals surface area contributed by atoms with Crippen LogP contribution in [0, 0.1) is 0 Å². The number of nitrogens with zero attached hydrogens (tertiary/aromatic N) is 6. The van der Waals surface area contributed by atoms with Crippen LogP contribution in [-0.2, 0) is 12.7 Å². The monoisotopic (exact) mass is 526 g/mol. The third-order valence-electron chi connectivity index (χ3n) is 6.26. The fourth-order valence-electron chi connectivity index (χ4n) is 4.45. The van der Waals surface area contributed by atoms with Crippen molar-refractivity contribution < 1.29 is 13.2 Å². The van der Waals surface area contributed by atoms with Gasteiger partial charge in [-0.15, -0.1) is 35.0 Å². The van der Waals surface area contributed by atoms with E-state index in [4.69, 9.17) is 0 Å². The average Bonchev–Trinajstić information content (AvgIpc) is 3.49. The standard InChI is InChI=1S/C24H25F3N6.2ClH/c25-24(26,27)20-3-1-4-21(16-20)31-13-11-30(12-14-31)8-2-9-32-10-7-19-15-22(5-6-23(19)32)33-17-28-29-18-33;;/h1,3-7,10,15-18H,2,8-9,11-14H2;2*1H. The number of alkyl halides is 3. The summed E-state index contributed by atoms with van der Waals surface area (Å²) in [5.74, 6) is 0. The molecule has 1 saturated heterocycles. The molecule has 0 atom stereocenters. The van der Waals surface area contributed by atoms with Crippen molar-refractivity contribution in [3.05, 3.63) is 72.9 Å². The first-order chi connectivity index (χ1) is 16.0. The molecule has 0 bridgehead atoms. The molecule has 0 radical (unpaired) electrons. The summed E-state index contributed by atoms with van der Waals surface area (Å²) in [6.07, 6.45) is 2.20. The van der Waals surface area contributed by atoms with Gasteiger partial charge in [-0.1, -0.05) is 6.07 Å². The predicted octanol–water partition coefficient (Wildman–Crippen LogP) is 5.30. The number of halogens is 5. The van der Waals surface area contributed by atoms with Crippen LogP contribution < -0.4 is 4.90 Å². The van der Waals surface area contributed by atoms with Crippen LogP contribution in [0.25, 0.3) is 16.6 Å². The van der Waals surface area contributed by atoms with Crippen LogP contribution in [0.2, 0.25) is 0 Å². The third kappa shape index (κ3) is 6.09. The Morgan fingerprint density at radius 2 is 1.54 bits per heavy atom. The molecule has 4 aromatic rings. The van der Waals surface area contributed by atoms with Crippen molar-refractivity contribution in [1.82, 2.24) is 24.2 Å². The zero-order chi connectivity index (χ0) is 22.8. The lowest BCUT2D eigenvalue weighted by molar-refractivity contribution is -0.137. The number of fused-ring (bicyclic) bond motifs is 1. The van der Waals surface area contributed by atoms with Crippen LogP contribution in [0.5, 0.6) is 0 Å². The Morgan fingerprint density at radius 1 is 0.800 bits per heavy atom. The summed E-state index contributed by atoms with van der Waals surface area (Å²) in [4.78, 5) is 4.43. The summed E-state index contributed by atoms with van der Waals surface area (Å²) in [7, 11) is 0. The van der Waals surface area contributed by atoms with E-state index in [1.165, 1.54) is 23.0 Å². The topological polar surface area (TPSA) is 42.1 Å². The maximum Gasteiger partial charge on any atom is 0.416 e. The molecule has 3 heterocycles. The van der Waals surface area contributed by atoms with Crippen molar-refractivity contribution in [1.29, 1.82) is 0 Å².